The van der Waals surface area contributed by atoms with E-state index < -0.39 is 0 Å². The molecule has 37 heavy (non-hydrogen) atoms. The number of piperidine rings is 2. The summed E-state index contributed by atoms with van der Waals surface area (Å²) in [6.45, 7) is 6.67. The highest BCUT2D eigenvalue weighted by molar-refractivity contribution is 5.79. The van der Waals surface area contributed by atoms with Crippen molar-refractivity contribution >= 4 is 22.9 Å². The molecule has 0 aliphatic carbocycles. The second-order valence-electron chi connectivity index (χ2n) is 10.2. The first-order valence-electron chi connectivity index (χ1n) is 13.4. The number of carbonyl (C=O) groups excluding carboxylic acids is 1. The van der Waals surface area contributed by atoms with Crippen LogP contribution in [0.4, 0.5) is 10.3 Å². The molecule has 0 spiro atoms. The quantitative estimate of drug-likeness (QED) is 0.461. The van der Waals surface area contributed by atoms with Gasteiger partial charge in [-0.25, -0.2) is 14.4 Å². The molecular formula is C27H36FN7O2. The number of aromatic nitrogens is 4. The van der Waals surface area contributed by atoms with E-state index in [4.69, 9.17) is 10.5 Å². The van der Waals surface area contributed by atoms with E-state index in [2.05, 4.69) is 31.3 Å². The van der Waals surface area contributed by atoms with E-state index in [1.165, 1.54) is 12.1 Å². The lowest BCUT2D eigenvalue weighted by Crippen LogP contribution is -2.45. The number of halogens is 1. The zero-order valence-corrected chi connectivity index (χ0v) is 21.5. The minimum atomic E-state index is -0.300. The standard InChI is InChI=1S/C27H36FN7O2/c1-2-3-14-37-27-32-23-15-21(28)4-5-24(23)35(27)22-8-12-34(13-9-22)25(36)20-6-10-33(11-7-20)18-19-16-30-26(29)31-17-19/h4-5,15-17,20,22H,2-3,6-14,18H2,1H3,(H2,29,30,31). The summed E-state index contributed by atoms with van der Waals surface area (Å²) in [5, 5.41) is 0. The van der Waals surface area contributed by atoms with Crippen LogP contribution in [0, 0.1) is 11.7 Å². The molecule has 4 heterocycles. The van der Waals surface area contributed by atoms with E-state index in [1.54, 1.807) is 18.5 Å². The number of nitrogens with zero attached hydrogens (tertiary/aromatic N) is 6. The van der Waals surface area contributed by atoms with Crippen LogP contribution in [-0.4, -0.2) is 68.0 Å². The van der Waals surface area contributed by atoms with Gasteiger partial charge < -0.3 is 15.4 Å². The number of hydrogen-bond acceptors (Lipinski definition) is 7. The van der Waals surface area contributed by atoms with Gasteiger partial charge in [-0.2, -0.15) is 4.98 Å². The zero-order chi connectivity index (χ0) is 25.8. The molecule has 2 aromatic heterocycles. The maximum absolute atomic E-state index is 13.8. The summed E-state index contributed by atoms with van der Waals surface area (Å²) in [6.07, 6.45) is 8.89. The second kappa shape index (κ2) is 11.4. The molecule has 2 N–H and O–H groups in total. The average Bonchev–Trinajstić information content (AvgIpc) is 3.27. The number of anilines is 1. The number of imidazole rings is 1. The Balaban J connectivity index is 1.17. The van der Waals surface area contributed by atoms with E-state index in [0.717, 1.165) is 69.2 Å². The Bertz CT molecular complexity index is 1200. The van der Waals surface area contributed by atoms with E-state index >= 15 is 0 Å². The smallest absolute Gasteiger partial charge is 0.297 e. The SMILES string of the molecule is CCCCOc1nc2cc(F)ccc2n1C1CCN(C(=O)C2CCN(Cc3cnc(N)nc3)CC2)CC1. The first kappa shape index (κ1) is 25.4. The first-order valence-corrected chi connectivity index (χ1v) is 13.4. The van der Waals surface area contributed by atoms with Gasteiger partial charge >= 0.3 is 0 Å². The molecule has 0 saturated carbocycles. The highest BCUT2D eigenvalue weighted by Gasteiger charge is 2.32. The topological polar surface area (TPSA) is 102 Å². The molecule has 2 fully saturated rings. The van der Waals surface area contributed by atoms with Crippen LogP contribution in [0.5, 0.6) is 6.01 Å². The van der Waals surface area contributed by atoms with Gasteiger partial charge in [0.15, 0.2) is 0 Å². The Hall–Kier alpha value is -3.27. The van der Waals surface area contributed by atoms with Crippen molar-refractivity contribution in [1.82, 2.24) is 29.3 Å². The molecule has 2 aliphatic rings. The van der Waals surface area contributed by atoms with Crippen molar-refractivity contribution in [2.75, 3.05) is 38.5 Å². The number of hydrogen-bond donors (Lipinski definition) is 1. The normalized spacial score (nSPS) is 17.9. The highest BCUT2D eigenvalue weighted by atomic mass is 19.1. The molecule has 2 aliphatic heterocycles. The van der Waals surface area contributed by atoms with Gasteiger partial charge in [0.25, 0.3) is 6.01 Å². The summed E-state index contributed by atoms with van der Waals surface area (Å²) in [6, 6.07) is 5.44. The van der Waals surface area contributed by atoms with Crippen LogP contribution >= 0.6 is 0 Å². The Morgan fingerprint density at radius 2 is 1.84 bits per heavy atom. The summed E-state index contributed by atoms with van der Waals surface area (Å²) in [5.74, 6) is 0.323. The van der Waals surface area contributed by atoms with Crippen molar-refractivity contribution in [2.45, 2.75) is 58.0 Å². The number of rotatable bonds is 8. The van der Waals surface area contributed by atoms with Crippen LogP contribution in [-0.2, 0) is 11.3 Å². The Kier molecular flexibility index (Phi) is 7.83. The maximum atomic E-state index is 13.8. The van der Waals surface area contributed by atoms with Crippen LogP contribution in [0.1, 0.15) is 57.1 Å². The molecule has 0 atom stereocenters. The van der Waals surface area contributed by atoms with Crippen molar-refractivity contribution in [3.63, 3.8) is 0 Å². The molecule has 198 valence electrons. The van der Waals surface area contributed by atoms with Crippen molar-refractivity contribution in [3.05, 3.63) is 42.0 Å². The minimum absolute atomic E-state index is 0.0699. The highest BCUT2D eigenvalue weighted by Crippen LogP contribution is 2.33. The lowest BCUT2D eigenvalue weighted by Gasteiger charge is -2.37. The third kappa shape index (κ3) is 5.84. The van der Waals surface area contributed by atoms with Gasteiger partial charge in [-0.15, -0.1) is 0 Å². The summed E-state index contributed by atoms with van der Waals surface area (Å²) >= 11 is 0. The third-order valence-electron chi connectivity index (χ3n) is 7.56. The molecular weight excluding hydrogens is 473 g/mol. The van der Waals surface area contributed by atoms with E-state index in [0.29, 0.717) is 31.2 Å². The number of benzene rings is 1. The predicted molar refractivity (Wildman–Crippen MR) is 139 cm³/mol. The largest absolute Gasteiger partial charge is 0.465 e. The number of likely N-dealkylation sites (tertiary alicyclic amines) is 2. The van der Waals surface area contributed by atoms with Crippen LogP contribution < -0.4 is 10.5 Å². The molecule has 3 aromatic rings. The summed E-state index contributed by atoms with van der Waals surface area (Å²) in [5.41, 5.74) is 8.11. The summed E-state index contributed by atoms with van der Waals surface area (Å²) in [7, 11) is 0. The number of nitrogens with two attached hydrogens (primary N) is 1. The molecule has 9 nitrogen and oxygen atoms in total. The van der Waals surface area contributed by atoms with Crippen molar-refractivity contribution in [3.8, 4) is 6.01 Å². The monoisotopic (exact) mass is 509 g/mol. The Labute approximate surface area is 216 Å². The molecule has 10 heteroatoms. The lowest BCUT2D eigenvalue weighted by atomic mass is 9.93. The number of carbonyl (C=O) groups is 1. The Morgan fingerprint density at radius 3 is 2.54 bits per heavy atom. The number of fused-ring (bicyclic) bond motifs is 1. The van der Waals surface area contributed by atoms with Crippen LogP contribution in [0.2, 0.25) is 0 Å². The van der Waals surface area contributed by atoms with Crippen LogP contribution in [0.3, 0.4) is 0 Å². The number of unbranched alkanes of at least 4 members (excludes halogenated alkanes) is 1. The average molecular weight is 510 g/mol. The minimum Gasteiger partial charge on any atom is -0.465 e. The Morgan fingerprint density at radius 1 is 1.11 bits per heavy atom. The van der Waals surface area contributed by atoms with E-state index in [9.17, 15) is 9.18 Å². The zero-order valence-electron chi connectivity index (χ0n) is 21.5. The van der Waals surface area contributed by atoms with Crippen LogP contribution in [0.25, 0.3) is 11.0 Å². The van der Waals surface area contributed by atoms with Crippen molar-refractivity contribution < 1.29 is 13.9 Å². The first-order chi connectivity index (χ1) is 18.0. The molecule has 0 radical (unpaired) electrons. The molecule has 0 unspecified atom stereocenters. The molecule has 1 aromatic carbocycles. The fraction of sp³-hybridized carbons (Fsp3) is 0.556. The van der Waals surface area contributed by atoms with Gasteiger partial charge in [0.2, 0.25) is 11.9 Å². The van der Waals surface area contributed by atoms with Gasteiger partial charge in [0, 0.05) is 55.6 Å². The summed E-state index contributed by atoms with van der Waals surface area (Å²) < 4.78 is 22.0. The van der Waals surface area contributed by atoms with E-state index in [1.807, 2.05) is 4.90 Å². The molecule has 2 saturated heterocycles. The maximum Gasteiger partial charge on any atom is 0.297 e. The van der Waals surface area contributed by atoms with Gasteiger partial charge in [-0.3, -0.25) is 14.3 Å². The van der Waals surface area contributed by atoms with Crippen molar-refractivity contribution in [2.24, 2.45) is 5.92 Å². The molecule has 5 rings (SSSR count). The fourth-order valence-electron chi connectivity index (χ4n) is 5.46. The fourth-order valence-corrected chi connectivity index (χ4v) is 5.46. The second-order valence-corrected chi connectivity index (χ2v) is 10.2. The van der Waals surface area contributed by atoms with E-state index in [-0.39, 0.29) is 29.6 Å². The van der Waals surface area contributed by atoms with Gasteiger partial charge in [0.05, 0.1) is 17.6 Å². The van der Waals surface area contributed by atoms with Crippen LogP contribution in [0.15, 0.2) is 30.6 Å². The van der Waals surface area contributed by atoms with Crippen molar-refractivity contribution in [1.29, 1.82) is 0 Å². The predicted octanol–water partition coefficient (Wildman–Crippen LogP) is 3.80. The number of amides is 1. The van der Waals surface area contributed by atoms with Gasteiger partial charge in [-0.1, -0.05) is 13.3 Å². The third-order valence-corrected chi connectivity index (χ3v) is 7.56. The number of nitrogen functional groups attached to an aromatic ring is 1. The lowest BCUT2D eigenvalue weighted by molar-refractivity contribution is -0.138. The van der Waals surface area contributed by atoms with Gasteiger partial charge in [-0.05, 0) is 57.3 Å². The number of ether oxygens (including phenoxy) is 1. The summed E-state index contributed by atoms with van der Waals surface area (Å²) in [4.78, 5) is 30.4. The molecule has 1 amide bonds. The molecule has 0 bridgehead atoms. The van der Waals surface area contributed by atoms with Gasteiger partial charge in [0.1, 0.15) is 5.82 Å².